The maximum absolute atomic E-state index is 12.8. The number of aryl methyl sites for hydroxylation is 1. The molecule has 0 aromatic heterocycles. The smallest absolute Gasteiger partial charge is 0.255 e. The van der Waals surface area contributed by atoms with Crippen molar-refractivity contribution >= 4 is 11.6 Å². The Morgan fingerprint density at radius 1 is 1.25 bits per heavy atom. The molecule has 0 spiro atoms. The van der Waals surface area contributed by atoms with Gasteiger partial charge in [-0.3, -0.25) is 4.79 Å². The molecule has 0 bridgehead atoms. The summed E-state index contributed by atoms with van der Waals surface area (Å²) in [5.74, 6) is 1.42. The average molecular weight is 272 g/mol. The molecule has 0 saturated carbocycles. The summed E-state index contributed by atoms with van der Waals surface area (Å²) >= 11 is 0. The van der Waals surface area contributed by atoms with Crippen LogP contribution in [0.25, 0.3) is 0 Å². The van der Waals surface area contributed by atoms with E-state index in [1.54, 1.807) is 0 Å². The highest BCUT2D eigenvalue weighted by atomic mass is 16.2. The van der Waals surface area contributed by atoms with Crippen molar-refractivity contribution < 1.29 is 4.79 Å². The van der Waals surface area contributed by atoms with E-state index in [-0.39, 0.29) is 5.91 Å². The fourth-order valence-corrected chi connectivity index (χ4v) is 3.69. The molecule has 2 unspecified atom stereocenters. The summed E-state index contributed by atoms with van der Waals surface area (Å²) in [7, 11) is 0. The van der Waals surface area contributed by atoms with Gasteiger partial charge in [-0.1, -0.05) is 26.0 Å². The highest BCUT2D eigenvalue weighted by Gasteiger charge is 2.28. The van der Waals surface area contributed by atoms with Crippen LogP contribution in [0.5, 0.6) is 0 Å². The SMILES string of the molecule is CC1CC(C)CN(C(=O)c2cccc3c2NCCC3)C1. The predicted molar refractivity (Wildman–Crippen MR) is 82.1 cm³/mol. The second-order valence-corrected chi connectivity index (χ2v) is 6.53. The Labute approximate surface area is 121 Å². The van der Waals surface area contributed by atoms with E-state index in [1.807, 2.05) is 17.0 Å². The first-order valence-electron chi connectivity index (χ1n) is 7.80. The number of likely N-dealkylation sites (tertiary alicyclic amines) is 1. The Morgan fingerprint density at radius 2 is 2.00 bits per heavy atom. The normalized spacial score (nSPS) is 25.8. The number of para-hydroxylation sites is 1. The van der Waals surface area contributed by atoms with Crippen LogP contribution in [0.1, 0.15) is 42.6 Å². The third-order valence-electron chi connectivity index (χ3n) is 4.46. The summed E-state index contributed by atoms with van der Waals surface area (Å²) < 4.78 is 0. The summed E-state index contributed by atoms with van der Waals surface area (Å²) in [5.41, 5.74) is 3.23. The van der Waals surface area contributed by atoms with Gasteiger partial charge in [0.2, 0.25) is 0 Å². The molecule has 3 rings (SSSR count). The lowest BCUT2D eigenvalue weighted by Crippen LogP contribution is -2.43. The summed E-state index contributed by atoms with van der Waals surface area (Å²) in [6, 6.07) is 6.14. The molecule has 1 aromatic carbocycles. The molecule has 2 aliphatic rings. The minimum atomic E-state index is 0.203. The molecule has 20 heavy (non-hydrogen) atoms. The lowest BCUT2D eigenvalue weighted by molar-refractivity contribution is 0.0624. The van der Waals surface area contributed by atoms with Crippen LogP contribution in [-0.4, -0.2) is 30.4 Å². The second-order valence-electron chi connectivity index (χ2n) is 6.53. The van der Waals surface area contributed by atoms with Crippen LogP contribution in [0.15, 0.2) is 18.2 Å². The highest BCUT2D eigenvalue weighted by Crippen LogP contribution is 2.29. The number of fused-ring (bicyclic) bond motifs is 1. The van der Waals surface area contributed by atoms with E-state index in [1.165, 1.54) is 12.0 Å². The van der Waals surface area contributed by atoms with E-state index in [0.29, 0.717) is 11.8 Å². The molecular weight excluding hydrogens is 248 g/mol. The first kappa shape index (κ1) is 13.5. The van der Waals surface area contributed by atoms with Crippen LogP contribution < -0.4 is 5.32 Å². The predicted octanol–water partition coefficient (Wildman–Crippen LogP) is 3.16. The number of piperidine rings is 1. The molecule has 108 valence electrons. The molecule has 1 fully saturated rings. The minimum Gasteiger partial charge on any atom is -0.384 e. The number of carbonyl (C=O) groups is 1. The molecule has 3 nitrogen and oxygen atoms in total. The molecule has 1 N–H and O–H groups in total. The van der Waals surface area contributed by atoms with Gasteiger partial charge in [0.05, 0.1) is 11.3 Å². The first-order valence-corrected chi connectivity index (χ1v) is 7.80. The van der Waals surface area contributed by atoms with Crippen LogP contribution in [0.2, 0.25) is 0 Å². The van der Waals surface area contributed by atoms with Crippen molar-refractivity contribution in [2.24, 2.45) is 11.8 Å². The Balaban J connectivity index is 1.87. The van der Waals surface area contributed by atoms with Gasteiger partial charge in [-0.15, -0.1) is 0 Å². The van der Waals surface area contributed by atoms with Crippen LogP contribution in [0, 0.1) is 11.8 Å². The topological polar surface area (TPSA) is 32.3 Å². The van der Waals surface area contributed by atoms with Gasteiger partial charge in [0.1, 0.15) is 0 Å². The Hall–Kier alpha value is -1.51. The zero-order valence-corrected chi connectivity index (χ0v) is 12.5. The zero-order chi connectivity index (χ0) is 14.1. The molecule has 1 aromatic rings. The summed E-state index contributed by atoms with van der Waals surface area (Å²) in [4.78, 5) is 14.9. The van der Waals surface area contributed by atoms with Gasteiger partial charge < -0.3 is 10.2 Å². The number of amides is 1. The fraction of sp³-hybridized carbons (Fsp3) is 0.588. The van der Waals surface area contributed by atoms with Crippen molar-refractivity contribution in [2.75, 3.05) is 25.0 Å². The molecule has 1 saturated heterocycles. The van der Waals surface area contributed by atoms with E-state index in [0.717, 1.165) is 43.7 Å². The largest absolute Gasteiger partial charge is 0.384 e. The standard InChI is InChI=1S/C17H24N2O/c1-12-9-13(2)11-19(10-12)17(20)15-7-3-5-14-6-4-8-18-16(14)15/h3,5,7,12-13,18H,4,6,8-11H2,1-2H3. The van der Waals surface area contributed by atoms with Gasteiger partial charge in [0.25, 0.3) is 5.91 Å². The fourth-order valence-electron chi connectivity index (χ4n) is 3.69. The highest BCUT2D eigenvalue weighted by molar-refractivity contribution is 6.00. The minimum absolute atomic E-state index is 0.203. The van der Waals surface area contributed by atoms with Crippen molar-refractivity contribution in [3.63, 3.8) is 0 Å². The van der Waals surface area contributed by atoms with Crippen LogP contribution >= 0.6 is 0 Å². The molecule has 2 atom stereocenters. The molecule has 3 heteroatoms. The van der Waals surface area contributed by atoms with E-state index in [4.69, 9.17) is 0 Å². The molecule has 2 aliphatic heterocycles. The van der Waals surface area contributed by atoms with Crippen molar-refractivity contribution in [1.82, 2.24) is 4.90 Å². The number of rotatable bonds is 1. The number of carbonyl (C=O) groups excluding carboxylic acids is 1. The Morgan fingerprint density at radius 3 is 2.75 bits per heavy atom. The monoisotopic (exact) mass is 272 g/mol. The van der Waals surface area contributed by atoms with Crippen LogP contribution in [0.3, 0.4) is 0 Å². The molecule has 1 amide bonds. The van der Waals surface area contributed by atoms with E-state index in [9.17, 15) is 4.79 Å². The maximum atomic E-state index is 12.8. The molecular formula is C17H24N2O. The lowest BCUT2D eigenvalue weighted by atomic mass is 9.91. The Kier molecular flexibility index (Phi) is 3.68. The quantitative estimate of drug-likeness (QED) is 0.851. The van der Waals surface area contributed by atoms with Crippen molar-refractivity contribution in [3.8, 4) is 0 Å². The van der Waals surface area contributed by atoms with Gasteiger partial charge in [-0.25, -0.2) is 0 Å². The van der Waals surface area contributed by atoms with Gasteiger partial charge >= 0.3 is 0 Å². The van der Waals surface area contributed by atoms with Crippen molar-refractivity contribution in [1.29, 1.82) is 0 Å². The van der Waals surface area contributed by atoms with Crippen molar-refractivity contribution in [2.45, 2.75) is 33.1 Å². The van der Waals surface area contributed by atoms with Gasteiger partial charge in [0.15, 0.2) is 0 Å². The number of benzene rings is 1. The number of hydrogen-bond donors (Lipinski definition) is 1. The molecule has 2 heterocycles. The molecule has 0 aliphatic carbocycles. The zero-order valence-electron chi connectivity index (χ0n) is 12.5. The van der Waals surface area contributed by atoms with Gasteiger partial charge in [0, 0.05) is 19.6 Å². The van der Waals surface area contributed by atoms with E-state index < -0.39 is 0 Å². The maximum Gasteiger partial charge on any atom is 0.255 e. The van der Waals surface area contributed by atoms with E-state index >= 15 is 0 Å². The second kappa shape index (κ2) is 5.47. The van der Waals surface area contributed by atoms with E-state index in [2.05, 4.69) is 25.2 Å². The number of nitrogens with one attached hydrogen (secondary N) is 1. The molecule has 0 radical (unpaired) electrons. The summed E-state index contributed by atoms with van der Waals surface area (Å²) in [5, 5.41) is 3.43. The third-order valence-corrected chi connectivity index (χ3v) is 4.46. The lowest BCUT2D eigenvalue weighted by Gasteiger charge is -2.35. The summed E-state index contributed by atoms with van der Waals surface area (Å²) in [6.45, 7) is 7.26. The first-order chi connectivity index (χ1) is 9.65. The van der Waals surface area contributed by atoms with Crippen LogP contribution in [-0.2, 0) is 6.42 Å². The summed E-state index contributed by atoms with van der Waals surface area (Å²) in [6.07, 6.45) is 3.47. The van der Waals surface area contributed by atoms with Gasteiger partial charge in [-0.2, -0.15) is 0 Å². The number of anilines is 1. The average Bonchev–Trinajstić information content (AvgIpc) is 2.45. The van der Waals surface area contributed by atoms with Crippen LogP contribution in [0.4, 0.5) is 5.69 Å². The van der Waals surface area contributed by atoms with Crippen molar-refractivity contribution in [3.05, 3.63) is 29.3 Å². The van der Waals surface area contributed by atoms with Gasteiger partial charge in [-0.05, 0) is 42.7 Å². The third kappa shape index (κ3) is 2.54. The Bertz CT molecular complexity index is 502. The number of hydrogen-bond acceptors (Lipinski definition) is 2. The number of nitrogens with zero attached hydrogens (tertiary/aromatic N) is 1.